The van der Waals surface area contributed by atoms with Crippen LogP contribution in [0, 0.1) is 6.92 Å². The highest BCUT2D eigenvalue weighted by molar-refractivity contribution is 5.62. The van der Waals surface area contributed by atoms with E-state index in [1.165, 1.54) is 19.2 Å². The van der Waals surface area contributed by atoms with Crippen molar-refractivity contribution in [1.82, 2.24) is 10.1 Å². The van der Waals surface area contributed by atoms with Crippen molar-refractivity contribution in [3.8, 4) is 11.4 Å². The lowest BCUT2D eigenvalue weighted by atomic mass is 10.1. The number of aromatic nitrogens is 2. The first kappa shape index (κ1) is 12.6. The van der Waals surface area contributed by atoms with Crippen LogP contribution in [0.4, 0.5) is 5.69 Å². The standard InChI is InChI=1S/C9H9N3O.C4H8O/c1-6-2-3-7(4-8(6)10)9-11-5-13-12-9;1-2-4-5-3-1/h2-5H,10H2,1H3;1-4H2. The third kappa shape index (κ3) is 3.30. The molecule has 0 spiro atoms. The van der Waals surface area contributed by atoms with Gasteiger partial charge in [0.25, 0.3) is 0 Å². The summed E-state index contributed by atoms with van der Waals surface area (Å²) in [6.07, 6.45) is 3.85. The zero-order valence-corrected chi connectivity index (χ0v) is 10.4. The molecule has 5 heteroatoms. The number of rotatable bonds is 1. The second-order valence-corrected chi connectivity index (χ2v) is 4.15. The molecule has 2 N–H and O–H groups in total. The number of nitrogens with zero attached hydrogens (tertiary/aromatic N) is 2. The van der Waals surface area contributed by atoms with Crippen molar-refractivity contribution in [3.63, 3.8) is 0 Å². The maximum Gasteiger partial charge on any atom is 0.214 e. The largest absolute Gasteiger partial charge is 0.398 e. The minimum absolute atomic E-state index is 0.562. The number of anilines is 1. The maximum atomic E-state index is 5.74. The summed E-state index contributed by atoms with van der Waals surface area (Å²) in [7, 11) is 0. The van der Waals surface area contributed by atoms with Gasteiger partial charge in [-0.05, 0) is 31.4 Å². The molecule has 18 heavy (non-hydrogen) atoms. The average Bonchev–Trinajstić information content (AvgIpc) is 3.07. The first-order valence-corrected chi connectivity index (χ1v) is 5.98. The number of aryl methyl sites for hydroxylation is 1. The third-order valence-corrected chi connectivity index (χ3v) is 2.73. The van der Waals surface area contributed by atoms with Gasteiger partial charge in [0.05, 0.1) is 0 Å². The van der Waals surface area contributed by atoms with Crippen molar-refractivity contribution in [2.24, 2.45) is 0 Å². The molecule has 1 aromatic heterocycles. The van der Waals surface area contributed by atoms with Crippen molar-refractivity contribution in [3.05, 3.63) is 30.2 Å². The first-order chi connectivity index (χ1) is 8.77. The van der Waals surface area contributed by atoms with E-state index in [0.29, 0.717) is 5.82 Å². The van der Waals surface area contributed by atoms with Gasteiger partial charge in [-0.15, -0.1) is 0 Å². The zero-order valence-electron chi connectivity index (χ0n) is 10.4. The van der Waals surface area contributed by atoms with Crippen molar-refractivity contribution in [1.29, 1.82) is 0 Å². The molecule has 0 amide bonds. The van der Waals surface area contributed by atoms with Crippen LogP contribution in [0.3, 0.4) is 0 Å². The summed E-state index contributed by atoms with van der Waals surface area (Å²) in [5, 5.41) is 3.72. The second-order valence-electron chi connectivity index (χ2n) is 4.15. The summed E-state index contributed by atoms with van der Waals surface area (Å²) >= 11 is 0. The Kier molecular flexibility index (Phi) is 4.30. The van der Waals surface area contributed by atoms with Crippen molar-refractivity contribution in [2.75, 3.05) is 18.9 Å². The Labute approximate surface area is 106 Å². The molecule has 1 fully saturated rings. The molecular weight excluding hydrogens is 230 g/mol. The highest BCUT2D eigenvalue weighted by Crippen LogP contribution is 2.19. The molecular formula is C13H17N3O2. The van der Waals surface area contributed by atoms with E-state index >= 15 is 0 Å². The normalized spacial score (nSPS) is 14.1. The topological polar surface area (TPSA) is 74.2 Å². The van der Waals surface area contributed by atoms with Crippen LogP contribution in [0.25, 0.3) is 11.4 Å². The Balaban J connectivity index is 0.000000202. The minimum Gasteiger partial charge on any atom is -0.398 e. The van der Waals surface area contributed by atoms with Gasteiger partial charge in [-0.3, -0.25) is 0 Å². The van der Waals surface area contributed by atoms with E-state index in [1.54, 1.807) is 0 Å². The van der Waals surface area contributed by atoms with Gasteiger partial charge in [-0.25, -0.2) is 0 Å². The maximum absolute atomic E-state index is 5.74. The SMILES string of the molecule is C1CCOC1.Cc1ccc(-c2ncon2)cc1N. The van der Waals surface area contributed by atoms with Gasteiger partial charge < -0.3 is 15.0 Å². The van der Waals surface area contributed by atoms with E-state index in [4.69, 9.17) is 10.5 Å². The lowest BCUT2D eigenvalue weighted by Gasteiger charge is -2.00. The molecule has 3 rings (SSSR count). The van der Waals surface area contributed by atoms with E-state index in [9.17, 15) is 0 Å². The highest BCUT2D eigenvalue weighted by Gasteiger charge is 2.03. The summed E-state index contributed by atoms with van der Waals surface area (Å²) in [5.74, 6) is 0.562. The molecule has 0 unspecified atom stereocenters. The summed E-state index contributed by atoms with van der Waals surface area (Å²) in [4.78, 5) is 3.92. The quantitative estimate of drug-likeness (QED) is 0.783. The Morgan fingerprint density at radius 1 is 1.22 bits per heavy atom. The molecule has 0 atom stereocenters. The van der Waals surface area contributed by atoms with Crippen LogP contribution in [0.5, 0.6) is 0 Å². The number of ether oxygens (including phenoxy) is 1. The lowest BCUT2D eigenvalue weighted by Crippen LogP contribution is -1.90. The predicted molar refractivity (Wildman–Crippen MR) is 68.9 cm³/mol. The molecule has 0 aliphatic carbocycles. The first-order valence-electron chi connectivity index (χ1n) is 5.98. The van der Waals surface area contributed by atoms with Gasteiger partial charge in [-0.1, -0.05) is 17.3 Å². The van der Waals surface area contributed by atoms with Crippen molar-refractivity contribution < 1.29 is 9.26 Å². The molecule has 0 radical (unpaired) electrons. The van der Waals surface area contributed by atoms with E-state index in [1.807, 2.05) is 25.1 Å². The number of nitrogen functional groups attached to an aromatic ring is 1. The second kappa shape index (κ2) is 6.16. The Morgan fingerprint density at radius 2 is 2.00 bits per heavy atom. The molecule has 1 aromatic carbocycles. The molecule has 2 aromatic rings. The van der Waals surface area contributed by atoms with Gasteiger partial charge >= 0.3 is 0 Å². The van der Waals surface area contributed by atoms with Gasteiger partial charge in [-0.2, -0.15) is 4.98 Å². The average molecular weight is 247 g/mol. The van der Waals surface area contributed by atoms with Gasteiger partial charge in [0.1, 0.15) is 0 Å². The van der Waals surface area contributed by atoms with Crippen LogP contribution in [-0.2, 0) is 4.74 Å². The summed E-state index contributed by atoms with van der Waals surface area (Å²) in [6, 6.07) is 5.68. The number of hydrogen-bond donors (Lipinski definition) is 1. The van der Waals surface area contributed by atoms with Crippen LogP contribution >= 0.6 is 0 Å². The van der Waals surface area contributed by atoms with E-state index in [2.05, 4.69) is 14.7 Å². The Bertz CT molecular complexity index is 471. The van der Waals surface area contributed by atoms with Crippen LogP contribution in [0.2, 0.25) is 0 Å². The Hall–Kier alpha value is -1.88. The number of nitrogens with two attached hydrogens (primary N) is 1. The molecule has 1 aliphatic rings. The lowest BCUT2D eigenvalue weighted by molar-refractivity contribution is 0.198. The van der Waals surface area contributed by atoms with Crippen molar-refractivity contribution >= 4 is 5.69 Å². The molecule has 1 saturated heterocycles. The van der Waals surface area contributed by atoms with Gasteiger partial charge in [0.2, 0.25) is 12.2 Å². The number of benzene rings is 1. The van der Waals surface area contributed by atoms with Gasteiger partial charge in [0, 0.05) is 24.5 Å². The molecule has 0 saturated carbocycles. The summed E-state index contributed by atoms with van der Waals surface area (Å²) < 4.78 is 9.58. The van der Waals surface area contributed by atoms with E-state index < -0.39 is 0 Å². The van der Waals surface area contributed by atoms with E-state index in [-0.39, 0.29) is 0 Å². The molecule has 96 valence electrons. The van der Waals surface area contributed by atoms with Crippen LogP contribution in [0.1, 0.15) is 18.4 Å². The number of hydrogen-bond acceptors (Lipinski definition) is 5. The molecule has 5 nitrogen and oxygen atoms in total. The predicted octanol–water partition coefficient (Wildman–Crippen LogP) is 2.42. The highest BCUT2D eigenvalue weighted by atomic mass is 16.5. The van der Waals surface area contributed by atoms with Gasteiger partial charge in [0.15, 0.2) is 0 Å². The fourth-order valence-corrected chi connectivity index (χ4v) is 1.59. The third-order valence-electron chi connectivity index (χ3n) is 2.73. The monoisotopic (exact) mass is 247 g/mol. The van der Waals surface area contributed by atoms with Crippen LogP contribution < -0.4 is 5.73 Å². The Morgan fingerprint density at radius 3 is 2.50 bits per heavy atom. The molecule has 1 aliphatic heterocycles. The van der Waals surface area contributed by atoms with Crippen LogP contribution in [-0.4, -0.2) is 23.4 Å². The molecule has 2 heterocycles. The fraction of sp³-hybridized carbons (Fsp3) is 0.385. The zero-order chi connectivity index (χ0) is 12.8. The fourth-order valence-electron chi connectivity index (χ4n) is 1.59. The van der Waals surface area contributed by atoms with E-state index in [0.717, 1.165) is 30.0 Å². The van der Waals surface area contributed by atoms with Crippen molar-refractivity contribution in [2.45, 2.75) is 19.8 Å². The summed E-state index contributed by atoms with van der Waals surface area (Å²) in [6.45, 7) is 3.95. The molecule has 0 bridgehead atoms. The summed E-state index contributed by atoms with van der Waals surface area (Å²) in [5.41, 5.74) is 8.40. The van der Waals surface area contributed by atoms with Crippen LogP contribution in [0.15, 0.2) is 29.1 Å². The minimum atomic E-state index is 0.562. The smallest absolute Gasteiger partial charge is 0.214 e.